The first-order valence-electron chi connectivity index (χ1n) is 3.87. The van der Waals surface area contributed by atoms with Crippen LogP contribution in [0.5, 0.6) is 0 Å². The molecule has 0 N–H and O–H groups in total. The zero-order chi connectivity index (χ0) is 8.81. The van der Waals surface area contributed by atoms with Crippen molar-refractivity contribution in [2.45, 2.75) is 6.54 Å². The molecular formula is C9H13N3. The summed E-state index contributed by atoms with van der Waals surface area (Å²) in [4.78, 5) is 0. The Labute approximate surface area is 72.7 Å². The van der Waals surface area contributed by atoms with Gasteiger partial charge in [-0.3, -0.25) is 5.01 Å². The Bertz CT molecular complexity index is 241. The molecule has 0 heterocycles. The van der Waals surface area contributed by atoms with E-state index in [-0.39, 0.29) is 0 Å². The minimum atomic E-state index is 0.652. The number of hydrogen-bond acceptors (Lipinski definition) is 2. The zero-order valence-corrected chi connectivity index (χ0v) is 7.44. The van der Waals surface area contributed by atoms with E-state index in [1.165, 1.54) is 5.56 Å². The lowest BCUT2D eigenvalue weighted by atomic mass is 10.2. The summed E-state index contributed by atoms with van der Waals surface area (Å²) in [6.45, 7) is 0.652. The summed E-state index contributed by atoms with van der Waals surface area (Å²) in [6, 6.07) is 10.1. The Morgan fingerprint density at radius 2 is 1.83 bits per heavy atom. The molecule has 0 saturated heterocycles. The first kappa shape index (κ1) is 8.71. The Morgan fingerprint density at radius 1 is 1.17 bits per heavy atom. The van der Waals surface area contributed by atoms with E-state index in [1.807, 2.05) is 44.4 Å². The second-order valence-electron chi connectivity index (χ2n) is 2.72. The van der Waals surface area contributed by atoms with Gasteiger partial charge in [0.05, 0.1) is 6.54 Å². The lowest BCUT2D eigenvalue weighted by molar-refractivity contribution is 0.398. The molecule has 0 bridgehead atoms. The summed E-state index contributed by atoms with van der Waals surface area (Å²) in [5, 5.41) is 9.55. The van der Waals surface area contributed by atoms with E-state index >= 15 is 0 Å². The van der Waals surface area contributed by atoms with Crippen LogP contribution < -0.4 is 0 Å². The van der Waals surface area contributed by atoms with Crippen LogP contribution in [0.4, 0.5) is 0 Å². The van der Waals surface area contributed by atoms with Crippen LogP contribution in [0, 0.1) is 0 Å². The summed E-state index contributed by atoms with van der Waals surface area (Å²) >= 11 is 0. The van der Waals surface area contributed by atoms with Gasteiger partial charge < -0.3 is 0 Å². The average Bonchev–Trinajstić information content (AvgIpc) is 2.05. The van der Waals surface area contributed by atoms with Crippen molar-refractivity contribution in [3.63, 3.8) is 0 Å². The molecule has 0 aliphatic rings. The maximum atomic E-state index is 3.99. The standard InChI is InChI=1S/C9H13N3/c1-12(2)11-10-8-9-6-4-3-5-7-9/h3-7H,8H2,1-2H3. The van der Waals surface area contributed by atoms with E-state index in [1.54, 1.807) is 5.01 Å². The SMILES string of the molecule is CN(C)N=NCc1ccccc1. The summed E-state index contributed by atoms with van der Waals surface area (Å²) in [5.74, 6) is 0. The highest BCUT2D eigenvalue weighted by molar-refractivity contribution is 5.13. The van der Waals surface area contributed by atoms with Gasteiger partial charge in [0.2, 0.25) is 0 Å². The molecule has 1 aromatic rings. The fraction of sp³-hybridized carbons (Fsp3) is 0.333. The van der Waals surface area contributed by atoms with Gasteiger partial charge in [0.1, 0.15) is 0 Å². The quantitative estimate of drug-likeness (QED) is 0.495. The van der Waals surface area contributed by atoms with Gasteiger partial charge in [-0.2, -0.15) is 5.11 Å². The zero-order valence-electron chi connectivity index (χ0n) is 7.44. The first-order chi connectivity index (χ1) is 5.79. The van der Waals surface area contributed by atoms with Crippen LogP contribution in [0.2, 0.25) is 0 Å². The van der Waals surface area contributed by atoms with Gasteiger partial charge >= 0.3 is 0 Å². The van der Waals surface area contributed by atoms with Crippen molar-refractivity contribution < 1.29 is 0 Å². The van der Waals surface area contributed by atoms with Crippen LogP contribution in [-0.4, -0.2) is 19.1 Å². The van der Waals surface area contributed by atoms with Crippen molar-refractivity contribution in [3.8, 4) is 0 Å². The number of rotatable bonds is 3. The monoisotopic (exact) mass is 163 g/mol. The second-order valence-corrected chi connectivity index (χ2v) is 2.72. The Kier molecular flexibility index (Phi) is 3.26. The molecule has 3 nitrogen and oxygen atoms in total. The summed E-state index contributed by atoms with van der Waals surface area (Å²) in [7, 11) is 3.71. The van der Waals surface area contributed by atoms with E-state index in [0.717, 1.165) is 0 Å². The van der Waals surface area contributed by atoms with E-state index in [2.05, 4.69) is 10.3 Å². The fourth-order valence-electron chi connectivity index (χ4n) is 0.823. The predicted octanol–water partition coefficient (Wildman–Crippen LogP) is 2.12. The Balaban J connectivity index is 2.43. The van der Waals surface area contributed by atoms with Gasteiger partial charge in [-0.15, -0.1) is 0 Å². The second kappa shape index (κ2) is 4.49. The largest absolute Gasteiger partial charge is 0.285 e. The summed E-state index contributed by atoms with van der Waals surface area (Å²) < 4.78 is 0. The molecule has 0 saturated carbocycles. The van der Waals surface area contributed by atoms with E-state index < -0.39 is 0 Å². The lowest BCUT2D eigenvalue weighted by Gasteiger charge is -2.00. The van der Waals surface area contributed by atoms with Gasteiger partial charge in [0.25, 0.3) is 0 Å². The molecule has 0 aromatic heterocycles. The topological polar surface area (TPSA) is 28.0 Å². The molecule has 0 amide bonds. The number of hydrogen-bond donors (Lipinski definition) is 0. The smallest absolute Gasteiger partial charge is 0.0870 e. The van der Waals surface area contributed by atoms with Gasteiger partial charge in [-0.1, -0.05) is 35.6 Å². The van der Waals surface area contributed by atoms with Gasteiger partial charge in [-0.05, 0) is 5.56 Å². The van der Waals surface area contributed by atoms with Crippen molar-refractivity contribution in [2.75, 3.05) is 14.1 Å². The van der Waals surface area contributed by atoms with Crippen LogP contribution in [0.15, 0.2) is 40.7 Å². The van der Waals surface area contributed by atoms with E-state index in [9.17, 15) is 0 Å². The summed E-state index contributed by atoms with van der Waals surface area (Å²) in [5.41, 5.74) is 1.18. The van der Waals surface area contributed by atoms with Crippen molar-refractivity contribution in [1.29, 1.82) is 0 Å². The number of benzene rings is 1. The molecule has 0 radical (unpaired) electrons. The highest BCUT2D eigenvalue weighted by Crippen LogP contribution is 2.00. The van der Waals surface area contributed by atoms with Gasteiger partial charge in [0.15, 0.2) is 0 Å². The third kappa shape index (κ3) is 3.14. The first-order valence-corrected chi connectivity index (χ1v) is 3.87. The molecule has 0 fully saturated rings. The molecule has 1 rings (SSSR count). The molecule has 3 heteroatoms. The van der Waals surface area contributed by atoms with Crippen molar-refractivity contribution in [1.82, 2.24) is 5.01 Å². The molecule has 0 aliphatic carbocycles. The maximum Gasteiger partial charge on any atom is 0.0870 e. The molecule has 0 atom stereocenters. The predicted molar refractivity (Wildman–Crippen MR) is 48.7 cm³/mol. The molecule has 12 heavy (non-hydrogen) atoms. The van der Waals surface area contributed by atoms with Crippen molar-refractivity contribution in [2.24, 2.45) is 10.3 Å². The molecule has 0 spiro atoms. The molecule has 64 valence electrons. The number of nitrogens with zero attached hydrogens (tertiary/aromatic N) is 3. The third-order valence-electron chi connectivity index (χ3n) is 1.34. The highest BCUT2D eigenvalue weighted by Gasteiger charge is 1.86. The van der Waals surface area contributed by atoms with Crippen LogP contribution in [-0.2, 0) is 6.54 Å². The Morgan fingerprint density at radius 3 is 2.42 bits per heavy atom. The minimum absolute atomic E-state index is 0.652. The van der Waals surface area contributed by atoms with Crippen molar-refractivity contribution in [3.05, 3.63) is 35.9 Å². The van der Waals surface area contributed by atoms with E-state index in [0.29, 0.717) is 6.54 Å². The lowest BCUT2D eigenvalue weighted by Crippen LogP contribution is -1.99. The molecular weight excluding hydrogens is 150 g/mol. The van der Waals surface area contributed by atoms with Crippen LogP contribution in [0.1, 0.15) is 5.56 Å². The molecule has 0 aliphatic heterocycles. The van der Waals surface area contributed by atoms with Crippen LogP contribution in [0.3, 0.4) is 0 Å². The maximum absolute atomic E-state index is 3.99. The average molecular weight is 163 g/mol. The van der Waals surface area contributed by atoms with Crippen molar-refractivity contribution >= 4 is 0 Å². The fourth-order valence-corrected chi connectivity index (χ4v) is 0.823. The molecule has 0 unspecified atom stereocenters. The van der Waals surface area contributed by atoms with Gasteiger partial charge in [-0.25, -0.2) is 0 Å². The van der Waals surface area contributed by atoms with E-state index in [4.69, 9.17) is 0 Å². The summed E-state index contributed by atoms with van der Waals surface area (Å²) in [6.07, 6.45) is 0. The van der Waals surface area contributed by atoms with Crippen LogP contribution in [0.25, 0.3) is 0 Å². The normalized spacial score (nSPS) is 10.5. The molecule has 1 aromatic carbocycles. The van der Waals surface area contributed by atoms with Gasteiger partial charge in [0, 0.05) is 14.1 Å². The highest BCUT2D eigenvalue weighted by atomic mass is 15.5. The Hall–Kier alpha value is -1.38. The van der Waals surface area contributed by atoms with Crippen LogP contribution >= 0.6 is 0 Å². The third-order valence-corrected chi connectivity index (χ3v) is 1.34. The minimum Gasteiger partial charge on any atom is -0.285 e.